The molecule has 0 aliphatic carbocycles. The molecule has 0 aromatic heterocycles. The number of nitriles is 2. The topological polar surface area (TPSA) is 73.9 Å². The molecule has 72 valence electrons. The Balaban J connectivity index is 2.71. The van der Waals surface area contributed by atoms with Crippen LogP contribution in [0.15, 0.2) is 42.2 Å². The van der Waals surface area contributed by atoms with Crippen molar-refractivity contribution < 1.29 is 9.53 Å². The Kier molecular flexibility index (Phi) is 3.64. The Morgan fingerprint density at radius 1 is 1.20 bits per heavy atom. The lowest BCUT2D eigenvalue weighted by Crippen LogP contribution is -2.00. The minimum atomic E-state index is -0.599. The van der Waals surface area contributed by atoms with Crippen molar-refractivity contribution in [2.45, 2.75) is 0 Å². The van der Waals surface area contributed by atoms with Gasteiger partial charge in [-0.05, 0) is 12.1 Å². The van der Waals surface area contributed by atoms with Gasteiger partial charge in [0.25, 0.3) is 0 Å². The third kappa shape index (κ3) is 2.98. The van der Waals surface area contributed by atoms with Crippen molar-refractivity contribution in [1.29, 1.82) is 10.5 Å². The lowest BCUT2D eigenvalue weighted by atomic mass is 10.2. The monoisotopic (exact) mass is 198 g/mol. The van der Waals surface area contributed by atoms with Gasteiger partial charge in [-0.1, -0.05) is 18.2 Å². The van der Waals surface area contributed by atoms with Gasteiger partial charge in [0.2, 0.25) is 0 Å². The van der Waals surface area contributed by atoms with E-state index < -0.39 is 5.97 Å². The third-order valence-corrected chi connectivity index (χ3v) is 1.53. The number of benzene rings is 1. The maximum atomic E-state index is 11.3. The fraction of sp³-hybridized carbons (Fsp3) is 0. The van der Waals surface area contributed by atoms with E-state index in [9.17, 15) is 4.79 Å². The number of hydrogen-bond donors (Lipinski definition) is 0. The van der Waals surface area contributed by atoms with E-state index in [0.29, 0.717) is 5.56 Å². The highest BCUT2D eigenvalue weighted by Crippen LogP contribution is 2.02. The number of esters is 1. The minimum Gasteiger partial charge on any atom is -0.429 e. The van der Waals surface area contributed by atoms with E-state index in [2.05, 4.69) is 4.74 Å². The van der Waals surface area contributed by atoms with E-state index in [1.54, 1.807) is 42.5 Å². The van der Waals surface area contributed by atoms with Gasteiger partial charge in [0.05, 0.1) is 5.56 Å². The van der Waals surface area contributed by atoms with Crippen molar-refractivity contribution in [3.63, 3.8) is 0 Å². The Morgan fingerprint density at radius 2 is 1.80 bits per heavy atom. The molecule has 0 fully saturated rings. The number of ether oxygens (including phenoxy) is 1. The second kappa shape index (κ2) is 5.21. The van der Waals surface area contributed by atoms with Gasteiger partial charge in [-0.15, -0.1) is 0 Å². The average molecular weight is 198 g/mol. The standard InChI is InChI=1S/C11H6N2O2/c12-6-9(7-13)8-15-11(14)10-4-2-1-3-5-10/h1-5,8H. The molecule has 0 atom stereocenters. The first-order valence-electron chi connectivity index (χ1n) is 4.04. The van der Waals surface area contributed by atoms with Crippen molar-refractivity contribution in [2.75, 3.05) is 0 Å². The molecule has 1 aromatic rings. The molecule has 1 rings (SSSR count). The number of rotatable bonds is 2. The quantitative estimate of drug-likeness (QED) is 0.412. The number of carbonyl (C=O) groups is 1. The first kappa shape index (κ1) is 10.5. The van der Waals surface area contributed by atoms with Crippen LogP contribution in [-0.2, 0) is 4.74 Å². The first-order chi connectivity index (χ1) is 7.27. The lowest BCUT2D eigenvalue weighted by molar-refractivity contribution is 0.0662. The molecular weight excluding hydrogens is 192 g/mol. The second-order valence-electron chi connectivity index (χ2n) is 2.53. The molecule has 0 N–H and O–H groups in total. The highest BCUT2D eigenvalue weighted by molar-refractivity contribution is 5.89. The number of carbonyl (C=O) groups excluding carboxylic acids is 1. The van der Waals surface area contributed by atoms with Crippen LogP contribution in [0.3, 0.4) is 0 Å². The molecule has 0 saturated carbocycles. The Bertz CT molecular complexity index is 448. The maximum Gasteiger partial charge on any atom is 0.343 e. The molecule has 0 radical (unpaired) electrons. The van der Waals surface area contributed by atoms with Gasteiger partial charge < -0.3 is 4.74 Å². The first-order valence-corrected chi connectivity index (χ1v) is 4.04. The summed E-state index contributed by atoms with van der Waals surface area (Å²) in [7, 11) is 0. The van der Waals surface area contributed by atoms with Crippen molar-refractivity contribution in [1.82, 2.24) is 0 Å². The highest BCUT2D eigenvalue weighted by atomic mass is 16.5. The molecule has 0 amide bonds. The van der Waals surface area contributed by atoms with Crippen molar-refractivity contribution >= 4 is 5.97 Å². The van der Waals surface area contributed by atoms with Crippen LogP contribution in [-0.4, -0.2) is 5.97 Å². The number of nitrogens with zero attached hydrogens (tertiary/aromatic N) is 2. The fourth-order valence-corrected chi connectivity index (χ4v) is 0.832. The third-order valence-electron chi connectivity index (χ3n) is 1.53. The van der Waals surface area contributed by atoms with Gasteiger partial charge in [-0.25, -0.2) is 4.79 Å². The molecule has 1 aromatic carbocycles. The summed E-state index contributed by atoms with van der Waals surface area (Å²) in [4.78, 5) is 11.3. The van der Waals surface area contributed by atoms with E-state index in [1.165, 1.54) is 0 Å². The molecule has 4 heteroatoms. The normalized spacial score (nSPS) is 8.13. The smallest absolute Gasteiger partial charge is 0.343 e. The lowest BCUT2D eigenvalue weighted by Gasteiger charge is -1.97. The molecule has 0 aliphatic heterocycles. The summed E-state index contributed by atoms with van der Waals surface area (Å²) >= 11 is 0. The van der Waals surface area contributed by atoms with Gasteiger partial charge in [0.15, 0.2) is 5.57 Å². The van der Waals surface area contributed by atoms with Crippen LogP contribution in [0.25, 0.3) is 0 Å². The molecular formula is C11H6N2O2. The Labute approximate surface area is 86.6 Å². The van der Waals surface area contributed by atoms with E-state index in [4.69, 9.17) is 10.5 Å². The van der Waals surface area contributed by atoms with Gasteiger partial charge in [0, 0.05) is 0 Å². The summed E-state index contributed by atoms with van der Waals surface area (Å²) in [5.41, 5.74) is 0.114. The zero-order valence-corrected chi connectivity index (χ0v) is 7.68. The van der Waals surface area contributed by atoms with Crippen LogP contribution in [0, 0.1) is 22.7 Å². The Hall–Kier alpha value is -2.59. The zero-order chi connectivity index (χ0) is 11.1. The van der Waals surface area contributed by atoms with Crippen LogP contribution < -0.4 is 0 Å². The number of allylic oxidation sites excluding steroid dienone is 1. The van der Waals surface area contributed by atoms with Crippen molar-refractivity contribution in [3.05, 3.63) is 47.7 Å². The number of hydrogen-bond acceptors (Lipinski definition) is 4. The average Bonchev–Trinajstić information content (AvgIpc) is 2.31. The van der Waals surface area contributed by atoms with E-state index in [0.717, 1.165) is 6.26 Å². The predicted molar refractivity (Wildman–Crippen MR) is 51.2 cm³/mol. The molecule has 0 heterocycles. The second-order valence-corrected chi connectivity index (χ2v) is 2.53. The molecule has 0 bridgehead atoms. The van der Waals surface area contributed by atoms with Crippen LogP contribution in [0.5, 0.6) is 0 Å². The summed E-state index contributed by atoms with van der Waals surface area (Å²) in [6.45, 7) is 0. The maximum absolute atomic E-state index is 11.3. The van der Waals surface area contributed by atoms with Crippen molar-refractivity contribution in [2.24, 2.45) is 0 Å². The molecule has 0 saturated heterocycles. The summed E-state index contributed by atoms with van der Waals surface area (Å²) in [5, 5.41) is 16.8. The summed E-state index contributed by atoms with van der Waals surface area (Å²) in [5.74, 6) is -0.599. The molecule has 0 unspecified atom stereocenters. The van der Waals surface area contributed by atoms with Gasteiger partial charge >= 0.3 is 5.97 Å². The highest BCUT2D eigenvalue weighted by Gasteiger charge is 2.04. The van der Waals surface area contributed by atoms with Gasteiger partial charge in [0.1, 0.15) is 18.4 Å². The van der Waals surface area contributed by atoms with Gasteiger partial charge in [-0.2, -0.15) is 10.5 Å². The van der Waals surface area contributed by atoms with Crippen molar-refractivity contribution in [3.8, 4) is 12.1 Å². The summed E-state index contributed by atoms with van der Waals surface area (Å²) in [6.07, 6.45) is 0.843. The molecule has 4 nitrogen and oxygen atoms in total. The SMILES string of the molecule is N#CC(C#N)=COC(=O)c1ccccc1. The predicted octanol–water partition coefficient (Wildman–Crippen LogP) is 1.77. The van der Waals surface area contributed by atoms with E-state index in [-0.39, 0.29) is 5.57 Å². The largest absolute Gasteiger partial charge is 0.429 e. The zero-order valence-electron chi connectivity index (χ0n) is 7.68. The summed E-state index contributed by atoms with van der Waals surface area (Å²) in [6, 6.07) is 11.5. The molecule has 0 spiro atoms. The van der Waals surface area contributed by atoms with Gasteiger partial charge in [-0.3, -0.25) is 0 Å². The van der Waals surface area contributed by atoms with Crippen LogP contribution >= 0.6 is 0 Å². The van der Waals surface area contributed by atoms with E-state index in [1.807, 2.05) is 0 Å². The molecule has 0 aliphatic rings. The van der Waals surface area contributed by atoms with Crippen LogP contribution in [0.4, 0.5) is 0 Å². The summed E-state index contributed by atoms with van der Waals surface area (Å²) < 4.78 is 4.63. The Morgan fingerprint density at radius 3 is 2.33 bits per heavy atom. The van der Waals surface area contributed by atoms with Crippen LogP contribution in [0.2, 0.25) is 0 Å². The fourth-order valence-electron chi connectivity index (χ4n) is 0.832. The van der Waals surface area contributed by atoms with E-state index >= 15 is 0 Å². The molecule has 15 heavy (non-hydrogen) atoms. The minimum absolute atomic E-state index is 0.251. The van der Waals surface area contributed by atoms with Crippen LogP contribution in [0.1, 0.15) is 10.4 Å².